The molecule has 5 heteroatoms. The van der Waals surface area contributed by atoms with Gasteiger partial charge in [-0.25, -0.2) is 4.79 Å². The first-order valence-corrected chi connectivity index (χ1v) is 12.3. The van der Waals surface area contributed by atoms with Gasteiger partial charge in [-0.3, -0.25) is 4.79 Å². The van der Waals surface area contributed by atoms with Crippen LogP contribution >= 0.6 is 0 Å². The summed E-state index contributed by atoms with van der Waals surface area (Å²) in [4.78, 5) is 25.7. The highest BCUT2D eigenvalue weighted by molar-refractivity contribution is 6.07. The summed E-state index contributed by atoms with van der Waals surface area (Å²) in [6.45, 7) is 4.15. The van der Waals surface area contributed by atoms with Crippen molar-refractivity contribution in [3.63, 3.8) is 0 Å². The highest BCUT2D eigenvalue weighted by Crippen LogP contribution is 2.30. The number of ether oxygens (including phenoxy) is 2. The number of aryl methyl sites for hydroxylation is 2. The van der Waals surface area contributed by atoms with Gasteiger partial charge >= 0.3 is 5.97 Å². The summed E-state index contributed by atoms with van der Waals surface area (Å²) >= 11 is 0. The van der Waals surface area contributed by atoms with E-state index in [1.807, 2.05) is 67.6 Å². The third-order valence-electron chi connectivity index (χ3n) is 6.14. The second-order valence-corrected chi connectivity index (χ2v) is 8.99. The molecule has 4 aromatic carbocycles. The van der Waals surface area contributed by atoms with Crippen molar-refractivity contribution in [3.05, 3.63) is 137 Å². The van der Waals surface area contributed by atoms with Crippen LogP contribution in [0.1, 0.15) is 43.2 Å². The minimum atomic E-state index is -0.542. The smallest absolute Gasteiger partial charge is 0.347 e. The number of rotatable bonds is 8. The second-order valence-electron chi connectivity index (χ2n) is 8.99. The number of hydrogen-bond acceptors (Lipinski definition) is 5. The number of furan rings is 1. The number of hydrogen-bond donors (Lipinski definition) is 0. The lowest BCUT2D eigenvalue weighted by atomic mass is 10.1. The van der Waals surface area contributed by atoms with E-state index in [2.05, 4.69) is 0 Å². The van der Waals surface area contributed by atoms with Gasteiger partial charge in [0, 0.05) is 10.9 Å². The Bertz CT molecular complexity index is 1610. The van der Waals surface area contributed by atoms with Gasteiger partial charge in [-0.1, -0.05) is 66.2 Å². The third kappa shape index (κ3) is 5.73. The maximum Gasteiger partial charge on any atom is 0.347 e. The standard InChI is InChI=1S/C33H26O5/c1-22-8-10-24(11-9-22)12-18-30(34)26-13-15-27(16-14-26)38-33(35)32-23(2)37-31-19-17-28(20-29(31)32)36-21-25-6-4-3-5-7-25/h3-20H,21H2,1-2H3. The first kappa shape index (κ1) is 24.8. The molecule has 0 aliphatic carbocycles. The van der Waals surface area contributed by atoms with Crippen LogP contribution in [0.4, 0.5) is 0 Å². The van der Waals surface area contributed by atoms with Crippen LogP contribution in [0.25, 0.3) is 17.0 Å². The highest BCUT2D eigenvalue weighted by atomic mass is 16.5. The first-order chi connectivity index (χ1) is 18.5. The average Bonchev–Trinajstić information content (AvgIpc) is 3.27. The molecule has 38 heavy (non-hydrogen) atoms. The predicted octanol–water partition coefficient (Wildman–Crippen LogP) is 7.74. The Morgan fingerprint density at radius 1 is 0.816 bits per heavy atom. The molecule has 5 rings (SSSR count). The van der Waals surface area contributed by atoms with Crippen LogP contribution in [0, 0.1) is 13.8 Å². The van der Waals surface area contributed by atoms with Crippen molar-refractivity contribution in [1.29, 1.82) is 0 Å². The van der Waals surface area contributed by atoms with E-state index >= 15 is 0 Å². The summed E-state index contributed by atoms with van der Waals surface area (Å²) in [6, 6.07) is 29.6. The maximum absolute atomic E-state index is 13.1. The molecule has 0 saturated carbocycles. The van der Waals surface area contributed by atoms with Crippen LogP contribution in [0.5, 0.6) is 11.5 Å². The molecule has 0 bridgehead atoms. The Morgan fingerprint density at radius 3 is 2.26 bits per heavy atom. The molecule has 1 heterocycles. The minimum absolute atomic E-state index is 0.136. The molecule has 188 valence electrons. The molecule has 1 aromatic heterocycles. The highest BCUT2D eigenvalue weighted by Gasteiger charge is 2.21. The largest absolute Gasteiger partial charge is 0.489 e. The van der Waals surface area contributed by atoms with Gasteiger partial charge in [0.25, 0.3) is 0 Å². The first-order valence-electron chi connectivity index (χ1n) is 12.3. The van der Waals surface area contributed by atoms with Crippen molar-refractivity contribution in [1.82, 2.24) is 0 Å². The summed E-state index contributed by atoms with van der Waals surface area (Å²) < 4.78 is 17.3. The summed E-state index contributed by atoms with van der Waals surface area (Å²) in [5.74, 6) is 0.735. The molecule has 5 aromatic rings. The number of carbonyl (C=O) groups is 2. The SMILES string of the molecule is Cc1ccc(C=CC(=O)c2ccc(OC(=O)c3c(C)oc4ccc(OCc5ccccc5)cc34)cc2)cc1. The molecule has 0 atom stereocenters. The van der Waals surface area contributed by atoms with Crippen LogP contribution < -0.4 is 9.47 Å². The van der Waals surface area contributed by atoms with Gasteiger partial charge < -0.3 is 13.9 Å². The van der Waals surface area contributed by atoms with Crippen LogP contribution in [-0.2, 0) is 6.61 Å². The zero-order valence-electron chi connectivity index (χ0n) is 21.1. The molecule has 0 radical (unpaired) electrons. The summed E-state index contributed by atoms with van der Waals surface area (Å²) in [5, 5.41) is 0.617. The molecular weight excluding hydrogens is 476 g/mol. The fourth-order valence-corrected chi connectivity index (χ4v) is 4.07. The van der Waals surface area contributed by atoms with E-state index in [0.29, 0.717) is 46.0 Å². The molecule has 0 aliphatic rings. The number of benzene rings is 4. The number of esters is 1. The molecule has 0 N–H and O–H groups in total. The van der Waals surface area contributed by atoms with E-state index < -0.39 is 5.97 Å². The van der Waals surface area contributed by atoms with Crippen molar-refractivity contribution < 1.29 is 23.5 Å². The van der Waals surface area contributed by atoms with E-state index in [-0.39, 0.29) is 5.78 Å². The van der Waals surface area contributed by atoms with Crippen LogP contribution in [-0.4, -0.2) is 11.8 Å². The summed E-state index contributed by atoms with van der Waals surface area (Å²) in [6.07, 6.45) is 3.31. The molecular formula is C33H26O5. The van der Waals surface area contributed by atoms with Gasteiger partial charge in [-0.05, 0) is 73.5 Å². The summed E-state index contributed by atoms with van der Waals surface area (Å²) in [5.41, 5.74) is 4.57. The lowest BCUT2D eigenvalue weighted by molar-refractivity contribution is 0.0734. The Kier molecular flexibility index (Phi) is 7.18. The van der Waals surface area contributed by atoms with Gasteiger partial charge in [0.15, 0.2) is 5.78 Å². The normalized spacial score (nSPS) is 11.1. The molecule has 0 spiro atoms. The van der Waals surface area contributed by atoms with Crippen molar-refractivity contribution in [3.8, 4) is 11.5 Å². The van der Waals surface area contributed by atoms with Gasteiger partial charge in [-0.2, -0.15) is 0 Å². The monoisotopic (exact) mass is 502 g/mol. The van der Waals surface area contributed by atoms with Gasteiger partial charge in [0.05, 0.1) is 0 Å². The zero-order valence-corrected chi connectivity index (χ0v) is 21.1. The fourth-order valence-electron chi connectivity index (χ4n) is 4.07. The van der Waals surface area contributed by atoms with Crippen molar-refractivity contribution in [2.45, 2.75) is 20.5 Å². The van der Waals surface area contributed by atoms with E-state index in [4.69, 9.17) is 13.9 Å². The van der Waals surface area contributed by atoms with Crippen LogP contribution in [0.2, 0.25) is 0 Å². The number of carbonyl (C=O) groups excluding carboxylic acids is 2. The number of fused-ring (bicyclic) bond motifs is 1. The van der Waals surface area contributed by atoms with E-state index in [9.17, 15) is 9.59 Å². The predicted molar refractivity (Wildman–Crippen MR) is 148 cm³/mol. The summed E-state index contributed by atoms with van der Waals surface area (Å²) in [7, 11) is 0. The zero-order chi connectivity index (χ0) is 26.5. The maximum atomic E-state index is 13.1. The van der Waals surface area contributed by atoms with Crippen molar-refractivity contribution >= 4 is 28.8 Å². The molecule has 0 amide bonds. The van der Waals surface area contributed by atoms with Crippen LogP contribution in [0.3, 0.4) is 0 Å². The van der Waals surface area contributed by atoms with E-state index in [1.165, 1.54) is 6.08 Å². The van der Waals surface area contributed by atoms with Crippen molar-refractivity contribution in [2.24, 2.45) is 0 Å². The Labute approximate surface area is 220 Å². The minimum Gasteiger partial charge on any atom is -0.489 e. The van der Waals surface area contributed by atoms with Gasteiger partial charge in [-0.15, -0.1) is 0 Å². The Hall–Kier alpha value is -4.90. The van der Waals surface area contributed by atoms with E-state index in [1.54, 1.807) is 49.4 Å². The topological polar surface area (TPSA) is 65.7 Å². The van der Waals surface area contributed by atoms with Crippen molar-refractivity contribution in [2.75, 3.05) is 0 Å². The van der Waals surface area contributed by atoms with Gasteiger partial charge in [0.2, 0.25) is 0 Å². The Balaban J connectivity index is 1.28. The fraction of sp³-hybridized carbons (Fsp3) is 0.0909. The number of allylic oxidation sites excluding steroid dienone is 1. The van der Waals surface area contributed by atoms with Gasteiger partial charge in [0.1, 0.15) is 35.0 Å². The third-order valence-corrected chi connectivity index (χ3v) is 6.14. The lowest BCUT2D eigenvalue weighted by Gasteiger charge is -2.07. The molecule has 0 unspecified atom stereocenters. The molecule has 5 nitrogen and oxygen atoms in total. The van der Waals surface area contributed by atoms with E-state index in [0.717, 1.165) is 16.7 Å². The quantitative estimate of drug-likeness (QED) is 0.0939. The Morgan fingerprint density at radius 2 is 1.53 bits per heavy atom. The lowest BCUT2D eigenvalue weighted by Crippen LogP contribution is -2.09. The number of ketones is 1. The molecule has 0 aliphatic heterocycles. The second kappa shape index (κ2) is 11.0. The average molecular weight is 503 g/mol. The molecule has 0 saturated heterocycles. The van der Waals surface area contributed by atoms with Crippen LogP contribution in [0.15, 0.2) is 108 Å². The molecule has 0 fully saturated rings.